The molecule has 3 atom stereocenters. The van der Waals surface area contributed by atoms with Crippen LogP contribution in [0.15, 0.2) is 0 Å². The van der Waals surface area contributed by atoms with Gasteiger partial charge in [0.25, 0.3) is 0 Å². The zero-order valence-corrected chi connectivity index (χ0v) is 8.13. The Labute approximate surface area is 75.7 Å². The zero-order chi connectivity index (χ0) is 8.55. The van der Waals surface area contributed by atoms with Gasteiger partial charge < -0.3 is 5.73 Å². The molecule has 0 heterocycles. The van der Waals surface area contributed by atoms with Crippen LogP contribution in [0.5, 0.6) is 0 Å². The summed E-state index contributed by atoms with van der Waals surface area (Å²) in [5.41, 5.74) is 6.12. The molecule has 0 aromatic heterocycles. The van der Waals surface area contributed by atoms with Gasteiger partial charge in [0.15, 0.2) is 0 Å². The number of rotatable bonds is 2. The first-order chi connectivity index (χ1) is 5.75. The summed E-state index contributed by atoms with van der Waals surface area (Å²) in [6, 6.07) is 0.529. The van der Waals surface area contributed by atoms with E-state index in [1.54, 1.807) is 0 Å². The predicted molar refractivity (Wildman–Crippen MR) is 51.8 cm³/mol. The molecular formula is C11H21N. The van der Waals surface area contributed by atoms with Crippen molar-refractivity contribution in [3.8, 4) is 0 Å². The SMILES string of the molecule is CC1CCC(N)C(CC2CC2)C1. The van der Waals surface area contributed by atoms with Crippen molar-refractivity contribution in [1.82, 2.24) is 0 Å². The summed E-state index contributed by atoms with van der Waals surface area (Å²) in [6.45, 7) is 2.38. The highest BCUT2D eigenvalue weighted by Crippen LogP contribution is 2.40. The topological polar surface area (TPSA) is 26.0 Å². The van der Waals surface area contributed by atoms with Gasteiger partial charge in [-0.05, 0) is 43.4 Å². The fraction of sp³-hybridized carbons (Fsp3) is 1.00. The van der Waals surface area contributed by atoms with Gasteiger partial charge in [0.05, 0.1) is 0 Å². The molecule has 1 heteroatoms. The first kappa shape index (κ1) is 8.55. The van der Waals surface area contributed by atoms with Crippen molar-refractivity contribution in [3.05, 3.63) is 0 Å². The van der Waals surface area contributed by atoms with Gasteiger partial charge in [0.1, 0.15) is 0 Å². The van der Waals surface area contributed by atoms with Gasteiger partial charge >= 0.3 is 0 Å². The second-order valence-electron chi connectivity index (χ2n) is 5.02. The normalized spacial score (nSPS) is 43.0. The zero-order valence-electron chi connectivity index (χ0n) is 8.13. The first-order valence-corrected chi connectivity index (χ1v) is 5.51. The Bertz CT molecular complexity index is 149. The molecule has 2 saturated carbocycles. The minimum absolute atomic E-state index is 0.529. The van der Waals surface area contributed by atoms with E-state index >= 15 is 0 Å². The second-order valence-corrected chi connectivity index (χ2v) is 5.02. The van der Waals surface area contributed by atoms with E-state index in [-0.39, 0.29) is 0 Å². The molecule has 2 rings (SSSR count). The molecule has 0 radical (unpaired) electrons. The molecule has 2 fully saturated rings. The third-order valence-corrected chi connectivity index (χ3v) is 3.64. The molecule has 0 saturated heterocycles. The van der Waals surface area contributed by atoms with Gasteiger partial charge in [-0.1, -0.05) is 19.8 Å². The van der Waals surface area contributed by atoms with Crippen molar-refractivity contribution in [1.29, 1.82) is 0 Å². The van der Waals surface area contributed by atoms with E-state index in [0.29, 0.717) is 6.04 Å². The van der Waals surface area contributed by atoms with Crippen LogP contribution < -0.4 is 5.73 Å². The highest BCUT2D eigenvalue weighted by molar-refractivity contribution is 4.86. The first-order valence-electron chi connectivity index (χ1n) is 5.51. The Kier molecular flexibility index (Phi) is 2.40. The summed E-state index contributed by atoms with van der Waals surface area (Å²) in [7, 11) is 0. The van der Waals surface area contributed by atoms with Crippen LogP contribution in [0.4, 0.5) is 0 Å². The van der Waals surface area contributed by atoms with Gasteiger partial charge in [-0.3, -0.25) is 0 Å². The molecule has 2 aliphatic carbocycles. The summed E-state index contributed by atoms with van der Waals surface area (Å²) in [6.07, 6.45) is 8.44. The van der Waals surface area contributed by atoms with Gasteiger partial charge in [0.2, 0.25) is 0 Å². The maximum Gasteiger partial charge on any atom is 0.00674 e. The molecular weight excluding hydrogens is 146 g/mol. The minimum atomic E-state index is 0.529. The lowest BCUT2D eigenvalue weighted by molar-refractivity contribution is 0.226. The van der Waals surface area contributed by atoms with Crippen molar-refractivity contribution in [2.75, 3.05) is 0 Å². The van der Waals surface area contributed by atoms with Crippen molar-refractivity contribution in [3.63, 3.8) is 0 Å². The molecule has 70 valence electrons. The standard InChI is InChI=1S/C11H21N/c1-8-2-5-11(12)10(6-8)7-9-3-4-9/h8-11H,2-7,12H2,1H3. The van der Waals surface area contributed by atoms with E-state index in [1.165, 1.54) is 38.5 Å². The van der Waals surface area contributed by atoms with Crippen LogP contribution in [-0.2, 0) is 0 Å². The van der Waals surface area contributed by atoms with Crippen LogP contribution in [0, 0.1) is 17.8 Å². The largest absolute Gasteiger partial charge is 0.327 e. The van der Waals surface area contributed by atoms with Crippen LogP contribution in [0.25, 0.3) is 0 Å². The average Bonchev–Trinajstić information content (AvgIpc) is 2.81. The molecule has 1 nitrogen and oxygen atoms in total. The lowest BCUT2D eigenvalue weighted by Gasteiger charge is -2.32. The Morgan fingerprint density at radius 2 is 1.92 bits per heavy atom. The fourth-order valence-corrected chi connectivity index (χ4v) is 2.57. The van der Waals surface area contributed by atoms with Crippen LogP contribution in [0.2, 0.25) is 0 Å². The van der Waals surface area contributed by atoms with Gasteiger partial charge in [-0.15, -0.1) is 0 Å². The van der Waals surface area contributed by atoms with E-state index in [0.717, 1.165) is 17.8 Å². The molecule has 0 aromatic rings. The van der Waals surface area contributed by atoms with E-state index in [9.17, 15) is 0 Å². The van der Waals surface area contributed by atoms with E-state index < -0.39 is 0 Å². The molecule has 0 amide bonds. The molecule has 0 bridgehead atoms. The van der Waals surface area contributed by atoms with Gasteiger partial charge in [-0.2, -0.15) is 0 Å². The van der Waals surface area contributed by atoms with Crippen LogP contribution in [0.1, 0.15) is 45.4 Å². The van der Waals surface area contributed by atoms with E-state index in [4.69, 9.17) is 5.73 Å². The predicted octanol–water partition coefficient (Wildman–Crippen LogP) is 2.55. The van der Waals surface area contributed by atoms with Gasteiger partial charge in [0, 0.05) is 6.04 Å². The molecule has 2 N–H and O–H groups in total. The Hall–Kier alpha value is -0.0400. The summed E-state index contributed by atoms with van der Waals surface area (Å²) in [5, 5.41) is 0. The molecule has 12 heavy (non-hydrogen) atoms. The fourth-order valence-electron chi connectivity index (χ4n) is 2.57. The number of nitrogens with two attached hydrogens (primary N) is 1. The highest BCUT2D eigenvalue weighted by Gasteiger charge is 2.31. The lowest BCUT2D eigenvalue weighted by Crippen LogP contribution is -2.35. The highest BCUT2D eigenvalue weighted by atomic mass is 14.7. The van der Waals surface area contributed by atoms with E-state index in [2.05, 4.69) is 6.92 Å². The Morgan fingerprint density at radius 1 is 1.17 bits per heavy atom. The average molecular weight is 167 g/mol. The Morgan fingerprint density at radius 3 is 2.58 bits per heavy atom. The van der Waals surface area contributed by atoms with E-state index in [1.807, 2.05) is 0 Å². The number of hydrogen-bond acceptors (Lipinski definition) is 1. The third kappa shape index (κ3) is 2.01. The van der Waals surface area contributed by atoms with Crippen molar-refractivity contribution in [2.45, 2.75) is 51.5 Å². The smallest absolute Gasteiger partial charge is 0.00674 e. The van der Waals surface area contributed by atoms with Crippen molar-refractivity contribution >= 4 is 0 Å². The molecule has 2 aliphatic rings. The maximum absolute atomic E-state index is 6.12. The maximum atomic E-state index is 6.12. The summed E-state index contributed by atoms with van der Waals surface area (Å²) < 4.78 is 0. The minimum Gasteiger partial charge on any atom is -0.327 e. The van der Waals surface area contributed by atoms with Crippen LogP contribution in [-0.4, -0.2) is 6.04 Å². The summed E-state index contributed by atoms with van der Waals surface area (Å²) in [5.74, 6) is 2.86. The molecule has 0 aromatic carbocycles. The van der Waals surface area contributed by atoms with Crippen LogP contribution >= 0.6 is 0 Å². The van der Waals surface area contributed by atoms with Crippen LogP contribution in [0.3, 0.4) is 0 Å². The third-order valence-electron chi connectivity index (χ3n) is 3.64. The molecule has 0 spiro atoms. The Balaban J connectivity index is 1.82. The second kappa shape index (κ2) is 3.37. The number of hydrogen-bond donors (Lipinski definition) is 1. The van der Waals surface area contributed by atoms with Crippen molar-refractivity contribution < 1.29 is 0 Å². The van der Waals surface area contributed by atoms with Crippen molar-refractivity contribution in [2.24, 2.45) is 23.5 Å². The lowest BCUT2D eigenvalue weighted by atomic mass is 9.77. The quantitative estimate of drug-likeness (QED) is 0.672. The summed E-state index contributed by atoms with van der Waals surface area (Å²) >= 11 is 0. The molecule has 3 unspecified atom stereocenters. The molecule has 0 aliphatic heterocycles. The summed E-state index contributed by atoms with van der Waals surface area (Å²) in [4.78, 5) is 0. The monoisotopic (exact) mass is 167 g/mol. The van der Waals surface area contributed by atoms with Gasteiger partial charge in [-0.25, -0.2) is 0 Å².